The quantitative estimate of drug-likeness (QED) is 0.863. The van der Waals surface area contributed by atoms with Crippen LogP contribution >= 0.6 is 0 Å². The van der Waals surface area contributed by atoms with Gasteiger partial charge in [0.25, 0.3) is 5.91 Å². The molecule has 2 nitrogen and oxygen atoms in total. The van der Waals surface area contributed by atoms with Crippen molar-refractivity contribution in [2.75, 3.05) is 0 Å². The molecule has 0 bridgehead atoms. The molecule has 1 aromatic rings. The van der Waals surface area contributed by atoms with Crippen molar-refractivity contribution in [1.29, 1.82) is 0 Å². The van der Waals surface area contributed by atoms with Crippen LogP contribution in [0, 0.1) is 5.92 Å². The van der Waals surface area contributed by atoms with Crippen LogP contribution in [0.5, 0.6) is 0 Å². The third-order valence-electron chi connectivity index (χ3n) is 3.79. The average Bonchev–Trinajstić information content (AvgIpc) is 2.46. The van der Waals surface area contributed by atoms with Gasteiger partial charge in [0.15, 0.2) is 0 Å². The summed E-state index contributed by atoms with van der Waals surface area (Å²) in [5.74, 6) is 0.612. The highest BCUT2D eigenvalue weighted by Gasteiger charge is 2.16. The fourth-order valence-electron chi connectivity index (χ4n) is 2.56. The van der Waals surface area contributed by atoms with Gasteiger partial charge in [-0.1, -0.05) is 57.4 Å². The molecule has 0 saturated heterocycles. The lowest BCUT2D eigenvalue weighted by Crippen LogP contribution is -2.36. The molecule has 0 aromatic heterocycles. The van der Waals surface area contributed by atoms with E-state index in [4.69, 9.17) is 0 Å². The topological polar surface area (TPSA) is 29.1 Å². The molecule has 2 heteroatoms. The zero-order valence-corrected chi connectivity index (χ0v) is 12.6. The van der Waals surface area contributed by atoms with Gasteiger partial charge in [-0.3, -0.25) is 4.79 Å². The van der Waals surface area contributed by atoms with Crippen LogP contribution in [0.15, 0.2) is 30.3 Å². The van der Waals surface area contributed by atoms with E-state index in [2.05, 4.69) is 31.3 Å². The minimum Gasteiger partial charge on any atom is -0.349 e. The van der Waals surface area contributed by atoms with Crippen molar-refractivity contribution in [2.24, 2.45) is 5.92 Å². The van der Waals surface area contributed by atoms with Gasteiger partial charge in [-0.25, -0.2) is 0 Å². The third-order valence-corrected chi connectivity index (χ3v) is 3.79. The minimum absolute atomic E-state index is 0.0660. The molecular weight excluding hydrogens is 246 g/mol. The summed E-state index contributed by atoms with van der Waals surface area (Å²) in [7, 11) is 0. The normalized spacial score (nSPS) is 16.8. The largest absolute Gasteiger partial charge is 0.349 e. The van der Waals surface area contributed by atoms with Crippen LogP contribution in [0.2, 0.25) is 0 Å². The number of carbonyl (C=O) groups is 1. The van der Waals surface area contributed by atoms with Gasteiger partial charge < -0.3 is 5.32 Å². The summed E-state index contributed by atoms with van der Waals surface area (Å²) in [6.07, 6.45) is 10.3. The Balaban J connectivity index is 1.93. The lowest BCUT2D eigenvalue weighted by molar-refractivity contribution is 0.0927. The predicted molar refractivity (Wildman–Crippen MR) is 84.7 cm³/mol. The Morgan fingerprint density at radius 1 is 1.15 bits per heavy atom. The number of carbonyl (C=O) groups excluding carboxylic acids is 1. The lowest BCUT2D eigenvalue weighted by Gasteiger charge is -2.22. The van der Waals surface area contributed by atoms with Gasteiger partial charge in [0, 0.05) is 11.6 Å². The van der Waals surface area contributed by atoms with Crippen molar-refractivity contribution in [3.8, 4) is 0 Å². The molecule has 1 saturated carbocycles. The van der Waals surface area contributed by atoms with Crippen molar-refractivity contribution in [1.82, 2.24) is 5.32 Å². The zero-order valence-electron chi connectivity index (χ0n) is 12.6. The fraction of sp³-hybridized carbons (Fsp3) is 0.500. The van der Waals surface area contributed by atoms with Crippen molar-refractivity contribution >= 4 is 12.0 Å². The summed E-state index contributed by atoms with van der Waals surface area (Å²) in [4.78, 5) is 12.2. The van der Waals surface area contributed by atoms with Gasteiger partial charge in [0.2, 0.25) is 0 Å². The van der Waals surface area contributed by atoms with Gasteiger partial charge in [0.05, 0.1) is 0 Å². The van der Waals surface area contributed by atoms with Crippen LogP contribution in [0.3, 0.4) is 0 Å². The molecule has 0 heterocycles. The van der Waals surface area contributed by atoms with Crippen LogP contribution in [0.1, 0.15) is 61.9 Å². The average molecular weight is 271 g/mol. The van der Waals surface area contributed by atoms with Gasteiger partial charge >= 0.3 is 0 Å². The number of hydrogen-bond donors (Lipinski definition) is 1. The van der Waals surface area contributed by atoms with E-state index in [1.165, 1.54) is 19.3 Å². The molecule has 108 valence electrons. The van der Waals surface area contributed by atoms with E-state index in [1.807, 2.05) is 24.3 Å². The van der Waals surface area contributed by atoms with Crippen molar-refractivity contribution in [3.63, 3.8) is 0 Å². The SMILES string of the molecule is CC(C)C=Cc1ccc(C(=O)NC2CCCCC2)cc1. The van der Waals surface area contributed by atoms with Crippen molar-refractivity contribution in [3.05, 3.63) is 41.5 Å². The molecule has 0 spiro atoms. The number of allylic oxidation sites excluding steroid dienone is 1. The van der Waals surface area contributed by atoms with Crippen LogP contribution in [-0.2, 0) is 0 Å². The fourth-order valence-corrected chi connectivity index (χ4v) is 2.56. The van der Waals surface area contributed by atoms with E-state index in [-0.39, 0.29) is 5.91 Å². The summed E-state index contributed by atoms with van der Waals surface area (Å²) in [6, 6.07) is 8.22. The van der Waals surface area contributed by atoms with Gasteiger partial charge in [-0.2, -0.15) is 0 Å². The molecule has 0 unspecified atom stereocenters. The van der Waals surface area contributed by atoms with Crippen LogP contribution in [0.25, 0.3) is 6.08 Å². The number of amides is 1. The molecule has 2 rings (SSSR count). The Bertz CT molecular complexity index is 453. The number of rotatable bonds is 4. The highest BCUT2D eigenvalue weighted by Crippen LogP contribution is 2.18. The minimum atomic E-state index is 0.0660. The molecular formula is C18H25NO. The van der Waals surface area contributed by atoms with E-state index in [9.17, 15) is 4.79 Å². The summed E-state index contributed by atoms with van der Waals surface area (Å²) in [5.41, 5.74) is 1.91. The molecule has 20 heavy (non-hydrogen) atoms. The molecule has 1 amide bonds. The highest BCUT2D eigenvalue weighted by atomic mass is 16.1. The highest BCUT2D eigenvalue weighted by molar-refractivity contribution is 5.94. The van der Waals surface area contributed by atoms with Crippen LogP contribution in [0.4, 0.5) is 0 Å². The Kier molecular flexibility index (Phi) is 5.40. The number of benzene rings is 1. The first-order chi connectivity index (χ1) is 9.65. The molecule has 1 aromatic carbocycles. The van der Waals surface area contributed by atoms with Gasteiger partial charge in [-0.05, 0) is 36.5 Å². The maximum Gasteiger partial charge on any atom is 0.251 e. The smallest absolute Gasteiger partial charge is 0.251 e. The molecule has 1 aliphatic carbocycles. The number of nitrogens with one attached hydrogen (secondary N) is 1. The zero-order chi connectivity index (χ0) is 14.4. The molecule has 1 aliphatic rings. The molecule has 0 atom stereocenters. The maximum absolute atomic E-state index is 12.2. The summed E-state index contributed by atoms with van der Waals surface area (Å²) in [6.45, 7) is 4.31. The predicted octanol–water partition coefficient (Wildman–Crippen LogP) is 4.42. The Labute approximate surface area is 122 Å². The van der Waals surface area contributed by atoms with Crippen molar-refractivity contribution < 1.29 is 4.79 Å². The Hall–Kier alpha value is -1.57. The molecule has 0 aliphatic heterocycles. The standard InChI is InChI=1S/C18H25NO/c1-14(2)8-9-15-10-12-16(13-11-15)18(20)19-17-6-4-3-5-7-17/h8-14,17H,3-7H2,1-2H3,(H,19,20). The summed E-state index contributed by atoms with van der Waals surface area (Å²) < 4.78 is 0. The van der Waals surface area contributed by atoms with E-state index in [0.29, 0.717) is 12.0 Å². The number of hydrogen-bond acceptors (Lipinski definition) is 1. The van der Waals surface area contributed by atoms with Crippen LogP contribution < -0.4 is 5.32 Å². The second-order valence-corrected chi connectivity index (χ2v) is 6.03. The second-order valence-electron chi connectivity index (χ2n) is 6.03. The van der Waals surface area contributed by atoms with E-state index in [0.717, 1.165) is 24.0 Å². The molecule has 1 fully saturated rings. The van der Waals surface area contributed by atoms with Crippen molar-refractivity contribution in [2.45, 2.75) is 52.0 Å². The van der Waals surface area contributed by atoms with E-state index >= 15 is 0 Å². The first kappa shape index (κ1) is 14.8. The first-order valence-electron chi connectivity index (χ1n) is 7.74. The Morgan fingerprint density at radius 3 is 2.40 bits per heavy atom. The van der Waals surface area contributed by atoms with Gasteiger partial charge in [-0.15, -0.1) is 0 Å². The maximum atomic E-state index is 12.2. The summed E-state index contributed by atoms with van der Waals surface area (Å²) >= 11 is 0. The van der Waals surface area contributed by atoms with E-state index < -0.39 is 0 Å². The second kappa shape index (κ2) is 7.28. The molecule has 0 radical (unpaired) electrons. The lowest BCUT2D eigenvalue weighted by atomic mass is 9.95. The summed E-state index contributed by atoms with van der Waals surface area (Å²) in [5, 5.41) is 3.15. The van der Waals surface area contributed by atoms with Crippen LogP contribution in [-0.4, -0.2) is 11.9 Å². The van der Waals surface area contributed by atoms with Gasteiger partial charge in [0.1, 0.15) is 0 Å². The first-order valence-corrected chi connectivity index (χ1v) is 7.74. The molecule has 1 N–H and O–H groups in total. The monoisotopic (exact) mass is 271 g/mol. The third kappa shape index (κ3) is 4.52. The Morgan fingerprint density at radius 2 is 1.80 bits per heavy atom. The van der Waals surface area contributed by atoms with E-state index in [1.54, 1.807) is 0 Å².